The van der Waals surface area contributed by atoms with E-state index >= 15 is 0 Å². The molecule has 0 aromatic heterocycles. The van der Waals surface area contributed by atoms with E-state index in [2.05, 4.69) is 0 Å². The van der Waals surface area contributed by atoms with Crippen molar-refractivity contribution in [2.45, 2.75) is 18.9 Å². The molecule has 0 fully saturated rings. The molecule has 1 aliphatic carbocycles. The Balaban J connectivity index is 2.34. The number of esters is 1. The molecule has 5 nitrogen and oxygen atoms in total. The van der Waals surface area contributed by atoms with Crippen molar-refractivity contribution in [2.24, 2.45) is 0 Å². The molecule has 0 amide bonds. The van der Waals surface area contributed by atoms with Crippen LogP contribution in [0.25, 0.3) is 0 Å². The Morgan fingerprint density at radius 3 is 2.48 bits per heavy atom. The second-order valence-corrected chi connectivity index (χ2v) is 5.02. The number of hydrogen-bond donors (Lipinski definition) is 1. The van der Waals surface area contributed by atoms with E-state index in [9.17, 15) is 9.90 Å². The monoisotopic (exact) mass is 316 g/mol. The van der Waals surface area contributed by atoms with Gasteiger partial charge in [0.1, 0.15) is 16.9 Å². The zero-order valence-corrected chi connectivity index (χ0v) is 13.4. The predicted molar refractivity (Wildman–Crippen MR) is 85.6 cm³/mol. The van der Waals surface area contributed by atoms with E-state index in [1.165, 1.54) is 14.2 Å². The first-order valence-electron chi connectivity index (χ1n) is 7.22. The van der Waals surface area contributed by atoms with Gasteiger partial charge in [0, 0.05) is 6.42 Å². The summed E-state index contributed by atoms with van der Waals surface area (Å²) in [5, 5.41) is 10.7. The van der Waals surface area contributed by atoms with Crippen LogP contribution in [0.1, 0.15) is 13.3 Å². The van der Waals surface area contributed by atoms with Crippen LogP contribution in [0.15, 0.2) is 65.7 Å². The SMILES string of the molecule is C/C=C/C1(O)CC=C(C(=O)Oc2ccccc2)C(OC)=C1OC. The molecule has 122 valence electrons. The molecular formula is C18H20O5. The van der Waals surface area contributed by atoms with Crippen LogP contribution in [0.2, 0.25) is 0 Å². The maximum Gasteiger partial charge on any atom is 0.347 e. The molecule has 0 heterocycles. The van der Waals surface area contributed by atoms with Crippen molar-refractivity contribution in [3.8, 4) is 5.75 Å². The van der Waals surface area contributed by atoms with E-state index in [0.717, 1.165) is 0 Å². The van der Waals surface area contributed by atoms with Gasteiger partial charge < -0.3 is 19.3 Å². The minimum Gasteiger partial charge on any atom is -0.494 e. The summed E-state index contributed by atoms with van der Waals surface area (Å²) in [7, 11) is 2.84. The summed E-state index contributed by atoms with van der Waals surface area (Å²) in [6, 6.07) is 8.75. The van der Waals surface area contributed by atoms with Crippen molar-refractivity contribution in [3.63, 3.8) is 0 Å². The molecule has 1 N–H and O–H groups in total. The van der Waals surface area contributed by atoms with Crippen LogP contribution in [-0.4, -0.2) is 30.9 Å². The Hall–Kier alpha value is -2.53. The molecule has 0 radical (unpaired) electrons. The van der Waals surface area contributed by atoms with Crippen LogP contribution in [-0.2, 0) is 14.3 Å². The van der Waals surface area contributed by atoms with Crippen molar-refractivity contribution < 1.29 is 24.1 Å². The average molecular weight is 316 g/mol. The van der Waals surface area contributed by atoms with Gasteiger partial charge >= 0.3 is 5.97 Å². The van der Waals surface area contributed by atoms with Crippen LogP contribution in [0.5, 0.6) is 5.75 Å². The normalized spacial score (nSPS) is 21.1. The summed E-state index contributed by atoms with van der Waals surface area (Å²) in [5.74, 6) is 0.216. The van der Waals surface area contributed by atoms with Gasteiger partial charge in [0.05, 0.1) is 14.2 Å². The first-order valence-corrected chi connectivity index (χ1v) is 7.22. The second kappa shape index (κ2) is 7.15. The fourth-order valence-corrected chi connectivity index (χ4v) is 2.48. The third kappa shape index (κ3) is 3.46. The summed E-state index contributed by atoms with van der Waals surface area (Å²) in [5.41, 5.74) is -1.12. The Morgan fingerprint density at radius 2 is 1.91 bits per heavy atom. The summed E-state index contributed by atoms with van der Waals surface area (Å²) in [4.78, 5) is 12.4. The summed E-state index contributed by atoms with van der Waals surface area (Å²) >= 11 is 0. The fraction of sp³-hybridized carbons (Fsp3) is 0.278. The lowest BCUT2D eigenvalue weighted by Gasteiger charge is -2.31. The van der Waals surface area contributed by atoms with Gasteiger partial charge in [-0.25, -0.2) is 4.79 Å². The highest BCUT2D eigenvalue weighted by Crippen LogP contribution is 2.36. The second-order valence-electron chi connectivity index (χ2n) is 5.02. The van der Waals surface area contributed by atoms with Gasteiger partial charge in [0.2, 0.25) is 0 Å². The van der Waals surface area contributed by atoms with Crippen LogP contribution in [0, 0.1) is 0 Å². The first kappa shape index (κ1) is 16.8. The van der Waals surface area contributed by atoms with Crippen molar-refractivity contribution in [3.05, 3.63) is 65.7 Å². The zero-order chi connectivity index (χ0) is 16.9. The van der Waals surface area contributed by atoms with Gasteiger partial charge in [0.15, 0.2) is 11.5 Å². The number of benzene rings is 1. The number of ether oxygens (including phenoxy) is 3. The van der Waals surface area contributed by atoms with Gasteiger partial charge in [-0.3, -0.25) is 0 Å². The van der Waals surface area contributed by atoms with Crippen LogP contribution >= 0.6 is 0 Å². The third-order valence-electron chi connectivity index (χ3n) is 3.49. The molecule has 1 aromatic rings. The average Bonchev–Trinajstić information content (AvgIpc) is 2.55. The highest BCUT2D eigenvalue weighted by molar-refractivity contribution is 5.95. The number of hydrogen-bond acceptors (Lipinski definition) is 5. The number of para-hydroxylation sites is 1. The number of rotatable bonds is 5. The molecule has 23 heavy (non-hydrogen) atoms. The molecule has 1 aromatic carbocycles. The summed E-state index contributed by atoms with van der Waals surface area (Å²) in [6.07, 6.45) is 5.09. The van der Waals surface area contributed by atoms with E-state index in [0.29, 0.717) is 5.75 Å². The number of carbonyl (C=O) groups excluding carboxylic acids is 1. The number of allylic oxidation sites excluding steroid dienone is 1. The molecule has 0 saturated heterocycles. The van der Waals surface area contributed by atoms with Crippen LogP contribution < -0.4 is 4.74 Å². The minimum absolute atomic E-state index is 0.167. The highest BCUT2D eigenvalue weighted by Gasteiger charge is 2.39. The molecule has 0 aliphatic heterocycles. The van der Waals surface area contributed by atoms with Crippen molar-refractivity contribution in [2.75, 3.05) is 14.2 Å². The standard InChI is InChI=1S/C18H20O5/c1-4-11-18(20)12-10-14(15(21-2)16(18)22-3)17(19)23-13-8-6-5-7-9-13/h4-11,20H,12H2,1-3H3/b11-4+. The van der Waals surface area contributed by atoms with E-state index < -0.39 is 11.6 Å². The Bertz CT molecular complexity index is 657. The Labute approximate surface area is 135 Å². The van der Waals surface area contributed by atoms with E-state index in [4.69, 9.17) is 14.2 Å². The smallest absolute Gasteiger partial charge is 0.347 e. The van der Waals surface area contributed by atoms with Gasteiger partial charge in [-0.2, -0.15) is 0 Å². The topological polar surface area (TPSA) is 65.0 Å². The van der Waals surface area contributed by atoms with Gasteiger partial charge in [-0.05, 0) is 25.1 Å². The summed E-state index contributed by atoms with van der Waals surface area (Å²) in [6.45, 7) is 1.79. The van der Waals surface area contributed by atoms with E-state index in [1.807, 2.05) is 6.07 Å². The van der Waals surface area contributed by atoms with E-state index in [1.54, 1.807) is 49.4 Å². The lowest BCUT2D eigenvalue weighted by atomic mass is 9.88. The number of aliphatic hydroxyl groups is 1. The van der Waals surface area contributed by atoms with Crippen LogP contribution in [0.4, 0.5) is 0 Å². The molecule has 2 rings (SSSR count). The quantitative estimate of drug-likeness (QED) is 0.514. The van der Waals surface area contributed by atoms with Crippen molar-refractivity contribution in [1.82, 2.24) is 0 Å². The predicted octanol–water partition coefficient (Wildman–Crippen LogP) is 2.73. The summed E-state index contributed by atoms with van der Waals surface area (Å²) < 4.78 is 15.9. The Morgan fingerprint density at radius 1 is 1.22 bits per heavy atom. The first-order chi connectivity index (χ1) is 11.1. The fourth-order valence-electron chi connectivity index (χ4n) is 2.48. The molecule has 1 unspecified atom stereocenters. The lowest BCUT2D eigenvalue weighted by Crippen LogP contribution is -2.35. The van der Waals surface area contributed by atoms with Crippen molar-refractivity contribution >= 4 is 5.97 Å². The highest BCUT2D eigenvalue weighted by atomic mass is 16.5. The molecule has 0 spiro atoms. The number of methoxy groups -OCH3 is 2. The molecular weight excluding hydrogens is 296 g/mol. The molecule has 5 heteroatoms. The van der Waals surface area contributed by atoms with Crippen LogP contribution in [0.3, 0.4) is 0 Å². The molecule has 0 saturated carbocycles. The maximum atomic E-state index is 12.4. The van der Waals surface area contributed by atoms with Gasteiger partial charge in [0.25, 0.3) is 0 Å². The van der Waals surface area contributed by atoms with Gasteiger partial charge in [-0.1, -0.05) is 30.4 Å². The Kier molecular flexibility index (Phi) is 5.24. The zero-order valence-electron chi connectivity index (χ0n) is 13.4. The number of carbonyl (C=O) groups is 1. The molecule has 1 atom stereocenters. The molecule has 0 bridgehead atoms. The molecule has 1 aliphatic rings. The van der Waals surface area contributed by atoms with Crippen molar-refractivity contribution in [1.29, 1.82) is 0 Å². The minimum atomic E-state index is -1.34. The van der Waals surface area contributed by atoms with Gasteiger partial charge in [-0.15, -0.1) is 0 Å². The lowest BCUT2D eigenvalue weighted by molar-refractivity contribution is -0.130. The largest absolute Gasteiger partial charge is 0.494 e. The van der Waals surface area contributed by atoms with E-state index in [-0.39, 0.29) is 23.5 Å². The maximum absolute atomic E-state index is 12.4. The third-order valence-corrected chi connectivity index (χ3v) is 3.49.